The van der Waals surface area contributed by atoms with Gasteiger partial charge in [0.15, 0.2) is 0 Å². The summed E-state index contributed by atoms with van der Waals surface area (Å²) in [7, 11) is 0. The Morgan fingerprint density at radius 3 is 2.47 bits per heavy atom. The summed E-state index contributed by atoms with van der Waals surface area (Å²) in [6.07, 6.45) is 7.90. The van der Waals surface area contributed by atoms with E-state index in [1.54, 1.807) is 26.2 Å². The third-order valence-electron chi connectivity index (χ3n) is 5.11. The van der Waals surface area contributed by atoms with Crippen LogP contribution in [0.25, 0.3) is 10.4 Å². The second kappa shape index (κ2) is 13.8. The lowest BCUT2D eigenvalue weighted by atomic mass is 10.1. The predicted molar refractivity (Wildman–Crippen MR) is 124 cm³/mol. The molecule has 0 saturated heterocycles. The fourth-order valence-electron chi connectivity index (χ4n) is 3.37. The van der Waals surface area contributed by atoms with E-state index in [9.17, 15) is 14.4 Å². The molecule has 0 bridgehead atoms. The van der Waals surface area contributed by atoms with Gasteiger partial charge in [-0.05, 0) is 25.3 Å². The Hall–Kier alpha value is -3.70. The molecule has 0 aliphatic carbocycles. The van der Waals surface area contributed by atoms with Crippen LogP contribution < -0.4 is 11.1 Å². The van der Waals surface area contributed by atoms with Gasteiger partial charge in [0.25, 0.3) is 5.91 Å². The molecule has 34 heavy (non-hydrogen) atoms. The van der Waals surface area contributed by atoms with E-state index in [2.05, 4.69) is 35.3 Å². The molecule has 2 rings (SSSR count). The number of carbonyl (C=O) groups excluding carboxylic acids is 3. The predicted octanol–water partition coefficient (Wildman–Crippen LogP) is 1.36. The number of H-pyrrole nitrogens is 2. The van der Waals surface area contributed by atoms with Crippen LogP contribution in [0.4, 0.5) is 0 Å². The van der Waals surface area contributed by atoms with Gasteiger partial charge in [0.2, 0.25) is 11.8 Å². The molecule has 3 amide bonds. The molecule has 13 nitrogen and oxygen atoms in total. The summed E-state index contributed by atoms with van der Waals surface area (Å²) in [6, 6.07) is -1.62. The average Bonchev–Trinajstić information content (AvgIpc) is 3.47. The molecule has 3 atom stereocenters. The van der Waals surface area contributed by atoms with Gasteiger partial charge in [-0.3, -0.25) is 19.3 Å². The Morgan fingerprint density at radius 2 is 1.88 bits per heavy atom. The molecule has 5 N–H and O–H groups in total. The molecule has 2 aromatic rings. The summed E-state index contributed by atoms with van der Waals surface area (Å²) < 4.78 is 0. The minimum Gasteiger partial charge on any atom is -0.348 e. The minimum absolute atomic E-state index is 0.00324. The molecule has 0 radical (unpaired) electrons. The number of imidazole rings is 2. The smallest absolute Gasteiger partial charge is 0.252 e. The van der Waals surface area contributed by atoms with Crippen molar-refractivity contribution < 1.29 is 14.4 Å². The second-order valence-electron chi connectivity index (χ2n) is 8.24. The highest BCUT2D eigenvalue weighted by Gasteiger charge is 2.30. The van der Waals surface area contributed by atoms with Gasteiger partial charge in [-0.2, -0.15) is 0 Å². The van der Waals surface area contributed by atoms with Crippen LogP contribution in [0.3, 0.4) is 0 Å². The maximum absolute atomic E-state index is 13.5. The van der Waals surface area contributed by atoms with Crippen LogP contribution in [0, 0.1) is 0 Å². The van der Waals surface area contributed by atoms with Gasteiger partial charge < -0.3 is 21.0 Å². The fourth-order valence-corrected chi connectivity index (χ4v) is 3.37. The monoisotopic (exact) mass is 472 g/mol. The summed E-state index contributed by atoms with van der Waals surface area (Å²) in [5.41, 5.74) is 15.7. The van der Waals surface area contributed by atoms with Crippen molar-refractivity contribution in [2.45, 2.75) is 70.5 Å². The van der Waals surface area contributed by atoms with E-state index >= 15 is 0 Å². The Kier molecular flexibility index (Phi) is 10.7. The van der Waals surface area contributed by atoms with Crippen molar-refractivity contribution in [3.63, 3.8) is 0 Å². The molecule has 2 heterocycles. The van der Waals surface area contributed by atoms with Crippen LogP contribution in [-0.4, -0.2) is 67.2 Å². The summed E-state index contributed by atoms with van der Waals surface area (Å²) in [6.45, 7) is 3.58. The first-order chi connectivity index (χ1) is 16.3. The topological polar surface area (TPSA) is 199 Å². The molecule has 0 spiro atoms. The quantitative estimate of drug-likeness (QED) is 0.182. The number of nitrogens with one attached hydrogen (secondary N) is 3. The minimum atomic E-state index is -0.971. The van der Waals surface area contributed by atoms with E-state index < -0.39 is 23.9 Å². The highest BCUT2D eigenvalue weighted by molar-refractivity contribution is 5.99. The number of azide groups is 1. The van der Waals surface area contributed by atoms with E-state index in [0.29, 0.717) is 25.0 Å². The Morgan fingerprint density at radius 1 is 1.21 bits per heavy atom. The first-order valence-corrected chi connectivity index (χ1v) is 11.2. The largest absolute Gasteiger partial charge is 0.348 e. The van der Waals surface area contributed by atoms with Crippen LogP contribution in [0.15, 0.2) is 30.2 Å². The van der Waals surface area contributed by atoms with E-state index in [4.69, 9.17) is 11.3 Å². The van der Waals surface area contributed by atoms with Gasteiger partial charge in [0.1, 0.15) is 6.04 Å². The van der Waals surface area contributed by atoms with Gasteiger partial charge in [-0.25, -0.2) is 9.97 Å². The number of amides is 3. The van der Waals surface area contributed by atoms with Crippen molar-refractivity contribution in [3.05, 3.63) is 46.9 Å². The third kappa shape index (κ3) is 9.04. The highest BCUT2D eigenvalue weighted by Crippen LogP contribution is 2.10. The number of hydrogen-bond acceptors (Lipinski definition) is 7. The standard InChI is InChI=1S/C21H32N10O3/c1-14(22)8-20(33)31(7-6-16-10-24-12-26-16)21(34)18(9-17-11-25-13-27-17)28-19(32)5-3-4-15(2)29-30-23/h10-15,18H,3-9,22H2,1-2H3,(H,24,26)(H,25,27)(H,28,32)/t14?,15?,18-/m0/s1. The third-order valence-corrected chi connectivity index (χ3v) is 5.11. The molecular formula is C21H32N10O3. The molecule has 0 aromatic carbocycles. The normalized spacial score (nSPS) is 13.4. The van der Waals surface area contributed by atoms with Crippen molar-refractivity contribution in [3.8, 4) is 0 Å². The van der Waals surface area contributed by atoms with Crippen LogP contribution in [0.5, 0.6) is 0 Å². The van der Waals surface area contributed by atoms with Gasteiger partial charge in [0, 0.05) is 73.0 Å². The van der Waals surface area contributed by atoms with Gasteiger partial charge >= 0.3 is 0 Å². The fraction of sp³-hybridized carbons (Fsp3) is 0.571. The first-order valence-electron chi connectivity index (χ1n) is 11.2. The Labute approximate surface area is 197 Å². The maximum Gasteiger partial charge on any atom is 0.252 e. The van der Waals surface area contributed by atoms with E-state index in [1.165, 1.54) is 12.7 Å². The van der Waals surface area contributed by atoms with Gasteiger partial charge in [-0.15, -0.1) is 0 Å². The van der Waals surface area contributed by atoms with Crippen LogP contribution in [0.1, 0.15) is 50.9 Å². The summed E-state index contributed by atoms with van der Waals surface area (Å²) in [5.74, 6) is -1.26. The summed E-state index contributed by atoms with van der Waals surface area (Å²) in [4.78, 5) is 56.7. The van der Waals surface area contributed by atoms with Crippen LogP contribution in [0.2, 0.25) is 0 Å². The zero-order valence-electron chi connectivity index (χ0n) is 19.5. The van der Waals surface area contributed by atoms with Crippen molar-refractivity contribution in [2.24, 2.45) is 10.8 Å². The van der Waals surface area contributed by atoms with Gasteiger partial charge in [0.05, 0.1) is 12.7 Å². The summed E-state index contributed by atoms with van der Waals surface area (Å²) >= 11 is 0. The number of imide groups is 1. The lowest BCUT2D eigenvalue weighted by Crippen LogP contribution is -2.52. The number of rotatable bonds is 14. The number of nitrogens with zero attached hydrogens (tertiary/aromatic N) is 6. The molecule has 0 aliphatic rings. The number of carbonyl (C=O) groups is 3. The molecule has 2 unspecified atom stereocenters. The lowest BCUT2D eigenvalue weighted by Gasteiger charge is -2.27. The van der Waals surface area contributed by atoms with Crippen LogP contribution in [-0.2, 0) is 27.2 Å². The molecule has 184 valence electrons. The molecule has 13 heteroatoms. The molecular weight excluding hydrogens is 440 g/mol. The van der Waals surface area contributed by atoms with Crippen LogP contribution >= 0.6 is 0 Å². The Bertz CT molecular complexity index is 952. The van der Waals surface area contributed by atoms with E-state index in [0.717, 1.165) is 10.6 Å². The van der Waals surface area contributed by atoms with Gasteiger partial charge in [-0.1, -0.05) is 12.0 Å². The number of aromatic amines is 2. The zero-order valence-corrected chi connectivity index (χ0v) is 19.5. The number of aromatic nitrogens is 4. The Balaban J connectivity index is 2.13. The number of nitrogens with two attached hydrogens (primary N) is 1. The zero-order chi connectivity index (χ0) is 24.9. The molecule has 2 aromatic heterocycles. The maximum atomic E-state index is 13.5. The number of hydrogen-bond donors (Lipinski definition) is 4. The van der Waals surface area contributed by atoms with E-state index in [1.807, 2.05) is 0 Å². The van der Waals surface area contributed by atoms with Crippen molar-refractivity contribution in [2.75, 3.05) is 6.54 Å². The summed E-state index contributed by atoms with van der Waals surface area (Å²) in [5, 5.41) is 6.35. The molecule has 0 aliphatic heterocycles. The van der Waals surface area contributed by atoms with Crippen molar-refractivity contribution in [1.82, 2.24) is 30.2 Å². The first kappa shape index (κ1) is 26.6. The average molecular weight is 473 g/mol. The highest BCUT2D eigenvalue weighted by atomic mass is 16.2. The molecule has 0 saturated carbocycles. The SMILES string of the molecule is CC(N)CC(=O)N(CCc1cnc[nH]1)C(=O)[C@H](Cc1cnc[nH]1)NC(=O)CCCC(C)N=[N+]=[N-]. The van der Waals surface area contributed by atoms with Crippen molar-refractivity contribution >= 4 is 17.7 Å². The van der Waals surface area contributed by atoms with Crippen molar-refractivity contribution in [1.29, 1.82) is 0 Å². The molecule has 0 fully saturated rings. The second-order valence-corrected chi connectivity index (χ2v) is 8.24. The lowest BCUT2D eigenvalue weighted by molar-refractivity contribution is -0.147. The van der Waals surface area contributed by atoms with E-state index in [-0.39, 0.29) is 37.8 Å².